The molecule has 0 bridgehead atoms. The van der Waals surface area contributed by atoms with Gasteiger partial charge in [0.05, 0.1) is 0 Å². The highest BCUT2D eigenvalue weighted by molar-refractivity contribution is 7.92. The largest absolute Gasteiger partial charge is 0.348 e. The lowest BCUT2D eigenvalue weighted by molar-refractivity contribution is -0.116. The minimum absolute atomic E-state index is 0.216. The number of sulfone groups is 1. The predicted molar refractivity (Wildman–Crippen MR) is 62.0 cm³/mol. The molecule has 1 atom stereocenters. The molecule has 0 amide bonds. The van der Waals surface area contributed by atoms with E-state index in [1.165, 1.54) is 0 Å². The van der Waals surface area contributed by atoms with Crippen molar-refractivity contribution in [2.75, 3.05) is 17.7 Å². The molecule has 1 unspecified atom stereocenters. The van der Waals surface area contributed by atoms with E-state index in [9.17, 15) is 13.2 Å². The van der Waals surface area contributed by atoms with Gasteiger partial charge in [-0.05, 0) is 12.1 Å². The Balaban J connectivity index is 2.40. The average molecular weight is 239 g/mol. The van der Waals surface area contributed by atoms with Gasteiger partial charge in [0.15, 0.2) is 21.0 Å². The number of ketones is 1. The minimum atomic E-state index is -3.37. The molecule has 1 aliphatic rings. The first-order valence-electron chi connectivity index (χ1n) is 5.03. The number of nitrogens with zero attached hydrogens (tertiary/aromatic N) is 1. The Morgan fingerprint density at radius 1 is 1.25 bits per heavy atom. The molecule has 1 aromatic rings. The fourth-order valence-corrected chi connectivity index (χ4v) is 3.28. The van der Waals surface area contributed by atoms with Crippen LogP contribution in [0.15, 0.2) is 30.3 Å². The van der Waals surface area contributed by atoms with Crippen LogP contribution in [0.5, 0.6) is 0 Å². The van der Waals surface area contributed by atoms with Gasteiger partial charge < -0.3 is 4.90 Å². The first-order chi connectivity index (χ1) is 7.50. The Labute approximate surface area is 94.8 Å². The molecular weight excluding hydrogens is 226 g/mol. The first kappa shape index (κ1) is 11.1. The van der Waals surface area contributed by atoms with E-state index < -0.39 is 15.2 Å². The lowest BCUT2D eigenvalue weighted by Gasteiger charge is -2.23. The van der Waals surface area contributed by atoms with Crippen molar-refractivity contribution in [2.45, 2.75) is 11.8 Å². The summed E-state index contributed by atoms with van der Waals surface area (Å²) in [4.78, 5) is 13.2. The van der Waals surface area contributed by atoms with Gasteiger partial charge >= 0.3 is 0 Å². The molecule has 2 rings (SSSR count). The average Bonchev–Trinajstić information content (AvgIpc) is 2.61. The zero-order valence-corrected chi connectivity index (χ0v) is 9.78. The van der Waals surface area contributed by atoms with Gasteiger partial charge in [-0.15, -0.1) is 0 Å². The van der Waals surface area contributed by atoms with E-state index >= 15 is 0 Å². The molecule has 0 spiro atoms. The van der Waals surface area contributed by atoms with E-state index in [1.807, 2.05) is 30.3 Å². The highest BCUT2D eigenvalue weighted by atomic mass is 32.2. The van der Waals surface area contributed by atoms with E-state index in [-0.39, 0.29) is 5.78 Å². The fourth-order valence-electron chi connectivity index (χ4n) is 2.00. The van der Waals surface area contributed by atoms with Crippen molar-refractivity contribution in [3.63, 3.8) is 0 Å². The number of para-hydroxylation sites is 1. The fraction of sp³-hybridized carbons (Fsp3) is 0.364. The number of carbonyl (C=O) groups is 1. The monoisotopic (exact) mass is 239 g/mol. The van der Waals surface area contributed by atoms with Crippen molar-refractivity contribution in [3.8, 4) is 0 Å². The van der Waals surface area contributed by atoms with Crippen molar-refractivity contribution >= 4 is 21.3 Å². The Morgan fingerprint density at radius 3 is 2.44 bits per heavy atom. The highest BCUT2D eigenvalue weighted by Crippen LogP contribution is 2.25. The number of anilines is 1. The predicted octanol–water partition coefficient (Wildman–Crippen LogP) is 0.836. The van der Waals surface area contributed by atoms with Crippen LogP contribution in [0.25, 0.3) is 0 Å². The van der Waals surface area contributed by atoms with Crippen LogP contribution in [0.2, 0.25) is 0 Å². The molecule has 0 aromatic heterocycles. The van der Waals surface area contributed by atoms with Crippen LogP contribution in [0.1, 0.15) is 6.42 Å². The zero-order chi connectivity index (χ0) is 11.8. The number of hydrogen-bond donors (Lipinski definition) is 0. The van der Waals surface area contributed by atoms with Crippen molar-refractivity contribution in [2.24, 2.45) is 0 Å². The zero-order valence-electron chi connectivity index (χ0n) is 8.96. The van der Waals surface area contributed by atoms with Gasteiger partial charge in [0.2, 0.25) is 0 Å². The number of benzene rings is 1. The molecular formula is C11H13NO3S. The van der Waals surface area contributed by atoms with Crippen molar-refractivity contribution in [1.82, 2.24) is 0 Å². The summed E-state index contributed by atoms with van der Waals surface area (Å²) in [6.07, 6.45) is 1.41. The lowest BCUT2D eigenvalue weighted by atomic mass is 10.3. The second kappa shape index (κ2) is 3.90. The summed E-state index contributed by atoms with van der Waals surface area (Å²) >= 11 is 0. The topological polar surface area (TPSA) is 54.5 Å². The molecule has 0 N–H and O–H groups in total. The van der Waals surface area contributed by atoms with E-state index in [2.05, 4.69) is 0 Å². The van der Waals surface area contributed by atoms with Crippen LogP contribution in [0.4, 0.5) is 5.69 Å². The van der Waals surface area contributed by atoms with Crippen LogP contribution >= 0.6 is 0 Å². The molecule has 1 saturated heterocycles. The highest BCUT2D eigenvalue weighted by Gasteiger charge is 2.39. The van der Waals surface area contributed by atoms with Gasteiger partial charge in [-0.25, -0.2) is 8.42 Å². The van der Waals surface area contributed by atoms with Crippen molar-refractivity contribution < 1.29 is 13.2 Å². The Morgan fingerprint density at radius 2 is 1.88 bits per heavy atom. The molecule has 1 aliphatic heterocycles. The van der Waals surface area contributed by atoms with Gasteiger partial charge in [-0.1, -0.05) is 18.2 Å². The summed E-state index contributed by atoms with van der Waals surface area (Å²) in [7, 11) is -3.37. The molecule has 0 radical (unpaired) electrons. The molecule has 1 heterocycles. The third-order valence-electron chi connectivity index (χ3n) is 2.65. The van der Waals surface area contributed by atoms with Gasteiger partial charge in [0.1, 0.15) is 0 Å². The molecule has 16 heavy (non-hydrogen) atoms. The van der Waals surface area contributed by atoms with Crippen LogP contribution < -0.4 is 4.90 Å². The molecule has 1 aromatic carbocycles. The standard InChI is InChI=1S/C11H13NO3S/c1-16(14,15)11-10(13)7-8-12(11)9-5-3-2-4-6-9/h2-6,11H,7-8H2,1H3. The van der Waals surface area contributed by atoms with Gasteiger partial charge in [-0.3, -0.25) is 4.79 Å². The van der Waals surface area contributed by atoms with E-state index in [4.69, 9.17) is 0 Å². The normalized spacial score (nSPS) is 21.4. The summed E-state index contributed by atoms with van der Waals surface area (Å²) < 4.78 is 23.1. The molecule has 0 saturated carbocycles. The number of Topliss-reactive ketones (excluding diaryl/α,β-unsaturated/α-hetero) is 1. The van der Waals surface area contributed by atoms with E-state index in [0.717, 1.165) is 11.9 Å². The number of hydrogen-bond acceptors (Lipinski definition) is 4. The first-order valence-corrected chi connectivity index (χ1v) is 6.99. The second-order valence-corrected chi connectivity index (χ2v) is 6.03. The quantitative estimate of drug-likeness (QED) is 0.767. The minimum Gasteiger partial charge on any atom is -0.348 e. The van der Waals surface area contributed by atoms with E-state index in [1.54, 1.807) is 4.90 Å². The molecule has 0 aliphatic carbocycles. The summed E-state index contributed by atoms with van der Waals surface area (Å²) in [5.74, 6) is -0.216. The van der Waals surface area contributed by atoms with E-state index in [0.29, 0.717) is 13.0 Å². The third kappa shape index (κ3) is 1.95. The molecule has 4 nitrogen and oxygen atoms in total. The maximum atomic E-state index is 11.6. The Hall–Kier alpha value is -1.36. The summed E-state index contributed by atoms with van der Waals surface area (Å²) in [6.45, 7) is 0.473. The summed E-state index contributed by atoms with van der Waals surface area (Å²) in [6, 6.07) is 9.15. The Bertz CT molecular complexity index is 495. The third-order valence-corrected chi connectivity index (χ3v) is 3.98. The van der Waals surface area contributed by atoms with Crippen molar-refractivity contribution in [1.29, 1.82) is 0 Å². The van der Waals surface area contributed by atoms with Gasteiger partial charge in [0.25, 0.3) is 0 Å². The van der Waals surface area contributed by atoms with Gasteiger partial charge in [-0.2, -0.15) is 0 Å². The smallest absolute Gasteiger partial charge is 0.190 e. The van der Waals surface area contributed by atoms with Crippen LogP contribution in [-0.2, 0) is 14.6 Å². The molecule has 86 valence electrons. The number of rotatable bonds is 2. The summed E-state index contributed by atoms with van der Waals surface area (Å²) in [5, 5.41) is -1.00. The SMILES string of the molecule is CS(=O)(=O)C1C(=O)CCN1c1ccccc1. The second-order valence-electron chi connectivity index (χ2n) is 3.93. The maximum absolute atomic E-state index is 11.6. The maximum Gasteiger partial charge on any atom is 0.190 e. The lowest BCUT2D eigenvalue weighted by Crippen LogP contribution is -2.39. The van der Waals surface area contributed by atoms with Crippen LogP contribution in [0.3, 0.4) is 0 Å². The van der Waals surface area contributed by atoms with Crippen molar-refractivity contribution in [3.05, 3.63) is 30.3 Å². The van der Waals surface area contributed by atoms with Gasteiger partial charge in [0, 0.05) is 24.9 Å². The summed E-state index contributed by atoms with van der Waals surface area (Å²) in [5.41, 5.74) is 0.781. The van der Waals surface area contributed by atoms with Crippen LogP contribution in [0, 0.1) is 0 Å². The number of carbonyl (C=O) groups excluding carboxylic acids is 1. The molecule has 5 heteroatoms. The van der Waals surface area contributed by atoms with Crippen LogP contribution in [-0.4, -0.2) is 32.4 Å². The molecule has 1 fully saturated rings. The Kier molecular flexibility index (Phi) is 2.71.